The summed E-state index contributed by atoms with van der Waals surface area (Å²) in [6.45, 7) is 0. The molecule has 25 heavy (non-hydrogen) atoms. The number of ether oxygens (including phenoxy) is 1. The monoisotopic (exact) mass is 414 g/mol. The lowest BCUT2D eigenvalue weighted by atomic mass is 10.1. The number of halogens is 4. The van der Waals surface area contributed by atoms with E-state index in [0.29, 0.717) is 15.8 Å². The van der Waals surface area contributed by atoms with Crippen molar-refractivity contribution in [3.05, 3.63) is 80.8 Å². The molecule has 3 aromatic rings. The Morgan fingerprint density at radius 3 is 2.28 bits per heavy atom. The van der Waals surface area contributed by atoms with Gasteiger partial charge in [0.2, 0.25) is 12.0 Å². The molecule has 1 atom stereocenters. The summed E-state index contributed by atoms with van der Waals surface area (Å²) < 4.78 is 7.35. The zero-order valence-electron chi connectivity index (χ0n) is 12.5. The summed E-state index contributed by atoms with van der Waals surface area (Å²) >= 11 is 24.1. The van der Waals surface area contributed by atoms with E-state index in [1.165, 1.54) is 29.2 Å². The third-order valence-electron chi connectivity index (χ3n) is 3.35. The average molecular weight is 416 g/mol. The minimum atomic E-state index is -1.04. The van der Waals surface area contributed by atoms with Crippen molar-refractivity contribution in [3.8, 4) is 5.75 Å². The number of nitrogens with zero attached hydrogens (tertiary/aromatic N) is 2. The lowest BCUT2D eigenvalue weighted by Gasteiger charge is -2.20. The lowest BCUT2D eigenvalue weighted by Crippen LogP contribution is -2.25. The van der Waals surface area contributed by atoms with Gasteiger partial charge in [-0.05, 0) is 36.4 Å². The zero-order chi connectivity index (χ0) is 18.0. The Labute approximate surface area is 163 Å². The van der Waals surface area contributed by atoms with E-state index in [1.807, 2.05) is 0 Å². The van der Waals surface area contributed by atoms with Gasteiger partial charge < -0.3 is 4.74 Å². The van der Waals surface area contributed by atoms with E-state index < -0.39 is 6.23 Å². The molecule has 0 spiro atoms. The Hall–Kier alpha value is -1.72. The second kappa shape index (κ2) is 7.67. The van der Waals surface area contributed by atoms with Gasteiger partial charge in [0.1, 0.15) is 5.75 Å². The van der Waals surface area contributed by atoms with E-state index in [9.17, 15) is 4.79 Å². The standard InChI is InChI=1S/C17H10Cl4N2O2/c18-10-1-3-12(13(20)7-10)16(24)17(23-6-5-22-9-23)25-15-4-2-11(19)8-14(15)21/h1-9,17H/t17-/m1/s1. The van der Waals surface area contributed by atoms with Gasteiger partial charge in [0.25, 0.3) is 0 Å². The molecule has 2 aromatic carbocycles. The molecule has 0 aliphatic carbocycles. The number of aromatic nitrogens is 2. The topological polar surface area (TPSA) is 44.1 Å². The Morgan fingerprint density at radius 2 is 1.68 bits per heavy atom. The van der Waals surface area contributed by atoms with Crippen LogP contribution in [0.25, 0.3) is 0 Å². The summed E-state index contributed by atoms with van der Waals surface area (Å²) in [5.74, 6) is -0.0612. The van der Waals surface area contributed by atoms with Gasteiger partial charge in [-0.15, -0.1) is 0 Å². The molecule has 0 aliphatic rings. The molecule has 0 radical (unpaired) electrons. The molecule has 8 heteroatoms. The number of benzene rings is 2. The third kappa shape index (κ3) is 4.10. The Balaban J connectivity index is 1.99. The van der Waals surface area contributed by atoms with Crippen LogP contribution in [0, 0.1) is 0 Å². The first-order chi connectivity index (χ1) is 12.0. The highest BCUT2D eigenvalue weighted by molar-refractivity contribution is 6.37. The highest BCUT2D eigenvalue weighted by atomic mass is 35.5. The summed E-state index contributed by atoms with van der Waals surface area (Å²) in [6, 6.07) is 9.36. The normalized spacial score (nSPS) is 12.0. The molecule has 0 saturated heterocycles. The van der Waals surface area contributed by atoms with Crippen molar-refractivity contribution in [2.45, 2.75) is 6.23 Å². The molecule has 0 unspecified atom stereocenters. The maximum atomic E-state index is 13.0. The van der Waals surface area contributed by atoms with Crippen LogP contribution in [-0.2, 0) is 0 Å². The SMILES string of the molecule is O=C(c1ccc(Cl)cc1Cl)[C@@H](Oc1ccc(Cl)cc1Cl)n1ccnc1. The summed E-state index contributed by atoms with van der Waals surface area (Å²) in [7, 11) is 0. The van der Waals surface area contributed by atoms with E-state index >= 15 is 0 Å². The van der Waals surface area contributed by atoms with Crippen molar-refractivity contribution in [1.29, 1.82) is 0 Å². The summed E-state index contributed by atoms with van der Waals surface area (Å²) in [6.07, 6.45) is 3.57. The number of carbonyl (C=O) groups is 1. The minimum Gasteiger partial charge on any atom is -0.461 e. The van der Waals surface area contributed by atoms with Crippen LogP contribution in [0.3, 0.4) is 0 Å². The van der Waals surface area contributed by atoms with Gasteiger partial charge in [-0.25, -0.2) is 4.98 Å². The van der Waals surface area contributed by atoms with Crippen LogP contribution in [0.4, 0.5) is 0 Å². The van der Waals surface area contributed by atoms with Crippen molar-refractivity contribution in [1.82, 2.24) is 9.55 Å². The van der Waals surface area contributed by atoms with Crippen molar-refractivity contribution < 1.29 is 9.53 Å². The molecule has 3 rings (SSSR count). The lowest BCUT2D eigenvalue weighted by molar-refractivity contribution is 0.0654. The molecule has 0 aliphatic heterocycles. The third-order valence-corrected chi connectivity index (χ3v) is 4.43. The number of rotatable bonds is 5. The first-order valence-electron chi connectivity index (χ1n) is 7.04. The fourth-order valence-electron chi connectivity index (χ4n) is 2.17. The van der Waals surface area contributed by atoms with Gasteiger partial charge in [0.15, 0.2) is 0 Å². The van der Waals surface area contributed by atoms with Gasteiger partial charge in [-0.3, -0.25) is 9.36 Å². The van der Waals surface area contributed by atoms with Gasteiger partial charge in [0.05, 0.1) is 16.4 Å². The van der Waals surface area contributed by atoms with Crippen LogP contribution >= 0.6 is 46.4 Å². The van der Waals surface area contributed by atoms with E-state index in [1.54, 1.807) is 30.5 Å². The van der Waals surface area contributed by atoms with Crippen LogP contribution in [0.2, 0.25) is 20.1 Å². The van der Waals surface area contributed by atoms with Gasteiger partial charge in [-0.2, -0.15) is 0 Å². The molecule has 0 fully saturated rings. The van der Waals surface area contributed by atoms with Crippen LogP contribution in [0.1, 0.15) is 16.6 Å². The van der Waals surface area contributed by atoms with Crippen LogP contribution in [-0.4, -0.2) is 15.3 Å². The molecule has 1 aromatic heterocycles. The number of hydrogen-bond donors (Lipinski definition) is 0. The number of Topliss-reactive ketones (excluding diaryl/α,β-unsaturated/α-hetero) is 1. The predicted molar refractivity (Wildman–Crippen MR) is 99.1 cm³/mol. The summed E-state index contributed by atoms with van der Waals surface area (Å²) in [5, 5.41) is 1.41. The molecule has 0 saturated carbocycles. The molecular formula is C17H10Cl4N2O2. The zero-order valence-corrected chi connectivity index (χ0v) is 15.5. The molecule has 0 N–H and O–H groups in total. The molecule has 0 bridgehead atoms. The molecule has 1 heterocycles. The molecule has 128 valence electrons. The molecular weight excluding hydrogens is 406 g/mol. The summed E-state index contributed by atoms with van der Waals surface area (Å²) in [4.78, 5) is 16.9. The fourth-order valence-corrected chi connectivity index (χ4v) is 3.13. The second-order valence-corrected chi connectivity index (χ2v) is 6.73. The van der Waals surface area contributed by atoms with Crippen LogP contribution in [0.15, 0.2) is 55.1 Å². The second-order valence-electron chi connectivity index (χ2n) is 5.04. The Bertz CT molecular complexity index is 913. The van der Waals surface area contributed by atoms with E-state index in [-0.39, 0.29) is 21.4 Å². The van der Waals surface area contributed by atoms with Gasteiger partial charge in [0, 0.05) is 28.0 Å². The van der Waals surface area contributed by atoms with Gasteiger partial charge >= 0.3 is 0 Å². The maximum absolute atomic E-state index is 13.0. The first kappa shape index (κ1) is 18.1. The Kier molecular flexibility index (Phi) is 5.54. The number of ketones is 1. The van der Waals surface area contributed by atoms with Crippen molar-refractivity contribution >= 4 is 52.2 Å². The van der Waals surface area contributed by atoms with Crippen molar-refractivity contribution in [2.75, 3.05) is 0 Å². The highest BCUT2D eigenvalue weighted by Crippen LogP contribution is 2.32. The van der Waals surface area contributed by atoms with Crippen LogP contribution < -0.4 is 4.74 Å². The van der Waals surface area contributed by atoms with Crippen LogP contribution in [0.5, 0.6) is 5.75 Å². The van der Waals surface area contributed by atoms with Crippen molar-refractivity contribution in [3.63, 3.8) is 0 Å². The fraction of sp³-hybridized carbons (Fsp3) is 0.0588. The molecule has 4 nitrogen and oxygen atoms in total. The van der Waals surface area contributed by atoms with E-state index in [2.05, 4.69) is 4.98 Å². The minimum absolute atomic E-state index is 0.230. The maximum Gasteiger partial charge on any atom is 0.241 e. The number of imidazole rings is 1. The average Bonchev–Trinajstić information content (AvgIpc) is 3.08. The van der Waals surface area contributed by atoms with E-state index in [4.69, 9.17) is 51.1 Å². The smallest absolute Gasteiger partial charge is 0.241 e. The molecule has 0 amide bonds. The van der Waals surface area contributed by atoms with Crippen molar-refractivity contribution in [2.24, 2.45) is 0 Å². The van der Waals surface area contributed by atoms with E-state index in [0.717, 1.165) is 0 Å². The number of hydrogen-bond acceptors (Lipinski definition) is 3. The number of carbonyl (C=O) groups excluding carboxylic acids is 1. The largest absolute Gasteiger partial charge is 0.461 e. The Morgan fingerprint density at radius 1 is 1.00 bits per heavy atom. The first-order valence-corrected chi connectivity index (χ1v) is 8.55. The summed E-state index contributed by atoms with van der Waals surface area (Å²) in [5.41, 5.74) is 0.273. The van der Waals surface area contributed by atoms with Gasteiger partial charge in [-0.1, -0.05) is 46.4 Å². The highest BCUT2D eigenvalue weighted by Gasteiger charge is 2.26. The quantitative estimate of drug-likeness (QED) is 0.483. The predicted octanol–water partition coefficient (Wildman–Crippen LogP) is 5.96.